The number of benzene rings is 3. The molecule has 0 radical (unpaired) electrons. The van der Waals surface area contributed by atoms with Crippen molar-refractivity contribution in [3.05, 3.63) is 87.4 Å². The Kier molecular flexibility index (Phi) is 6.46. The van der Waals surface area contributed by atoms with E-state index in [9.17, 15) is 14.4 Å². The highest BCUT2D eigenvalue weighted by Gasteiger charge is 2.29. The highest BCUT2D eigenvalue weighted by molar-refractivity contribution is 9.10. The minimum Gasteiger partial charge on any atom is -0.480 e. The molecule has 3 aromatic carbocycles. The summed E-state index contributed by atoms with van der Waals surface area (Å²) in [6.07, 6.45) is -0.640. The van der Waals surface area contributed by atoms with Gasteiger partial charge in [0.25, 0.3) is 5.91 Å². The fourth-order valence-corrected chi connectivity index (χ4v) is 4.61. The molecule has 0 saturated heterocycles. The number of nitrogens with one attached hydrogen (secondary N) is 2. The van der Waals surface area contributed by atoms with Crippen LogP contribution in [0.5, 0.6) is 0 Å². The minimum absolute atomic E-state index is 0.0634. The van der Waals surface area contributed by atoms with Crippen LogP contribution in [-0.4, -0.2) is 36.2 Å². The Balaban J connectivity index is 1.47. The highest BCUT2D eigenvalue weighted by Crippen LogP contribution is 2.44. The molecule has 4 rings (SSSR count). The molecule has 8 heteroatoms. The molecule has 0 aromatic heterocycles. The molecule has 0 saturated carbocycles. The average molecular weight is 509 g/mol. The molecule has 1 aliphatic carbocycles. The largest absolute Gasteiger partial charge is 0.480 e. The molecule has 3 aromatic rings. The van der Waals surface area contributed by atoms with E-state index in [4.69, 9.17) is 9.84 Å². The number of rotatable bonds is 6. The number of amides is 2. The number of aliphatic carboxylic acids is 1. The van der Waals surface area contributed by atoms with Gasteiger partial charge in [-0.2, -0.15) is 0 Å². The number of carboxylic acids is 1. The topological polar surface area (TPSA) is 105 Å². The number of fused-ring (bicyclic) bond motifs is 3. The van der Waals surface area contributed by atoms with E-state index in [2.05, 4.69) is 38.7 Å². The first kappa shape index (κ1) is 22.5. The first-order chi connectivity index (χ1) is 15.8. The number of hydrogen-bond donors (Lipinski definition) is 3. The fourth-order valence-electron chi connectivity index (χ4n) is 3.98. The van der Waals surface area contributed by atoms with Crippen LogP contribution in [0.1, 0.15) is 33.0 Å². The summed E-state index contributed by atoms with van der Waals surface area (Å²) in [5.41, 5.74) is 5.83. The van der Waals surface area contributed by atoms with E-state index in [0.717, 1.165) is 22.3 Å². The third-order valence-electron chi connectivity index (χ3n) is 5.54. The second-order valence-corrected chi connectivity index (χ2v) is 8.53. The van der Waals surface area contributed by atoms with Crippen molar-refractivity contribution in [2.24, 2.45) is 0 Å². The Hall–Kier alpha value is -3.65. The zero-order chi connectivity index (χ0) is 23.5. The van der Waals surface area contributed by atoms with Gasteiger partial charge in [0.1, 0.15) is 13.2 Å². The molecule has 0 bridgehead atoms. The van der Waals surface area contributed by atoms with Gasteiger partial charge in [0, 0.05) is 16.1 Å². The predicted octanol–water partition coefficient (Wildman–Crippen LogP) is 4.93. The number of carbonyl (C=O) groups excluding carboxylic acids is 2. The molecule has 3 N–H and O–H groups in total. The minimum atomic E-state index is -1.15. The maximum absolute atomic E-state index is 12.6. The number of carboxylic acid groups (broad SMARTS) is 1. The standard InChI is InChI=1S/C25H21BrN2O5/c1-14-10-21(26)19(24(31)27-12-23(29)30)11-22(14)28-25(32)33-13-20-17-8-4-2-6-15(17)16-7-3-5-9-18(16)20/h2-11,20H,12-13H2,1H3,(H,27,31)(H,28,32)(H,29,30). The molecular weight excluding hydrogens is 488 g/mol. The van der Waals surface area contributed by atoms with E-state index < -0.39 is 24.5 Å². The molecule has 0 atom stereocenters. The summed E-state index contributed by atoms with van der Waals surface area (Å²) < 4.78 is 6.06. The van der Waals surface area contributed by atoms with E-state index in [0.29, 0.717) is 15.7 Å². The van der Waals surface area contributed by atoms with Gasteiger partial charge in [-0.15, -0.1) is 0 Å². The fraction of sp³-hybridized carbons (Fsp3) is 0.160. The summed E-state index contributed by atoms with van der Waals surface area (Å²) >= 11 is 3.31. The molecule has 0 heterocycles. The number of hydrogen-bond acceptors (Lipinski definition) is 4. The number of ether oxygens (including phenoxy) is 1. The lowest BCUT2D eigenvalue weighted by Gasteiger charge is -2.16. The Bertz CT molecular complexity index is 1210. The Morgan fingerprint density at radius 1 is 1.00 bits per heavy atom. The zero-order valence-electron chi connectivity index (χ0n) is 17.7. The lowest BCUT2D eigenvalue weighted by molar-refractivity contribution is -0.135. The molecule has 0 spiro atoms. The maximum Gasteiger partial charge on any atom is 0.411 e. The van der Waals surface area contributed by atoms with Crippen molar-refractivity contribution in [2.45, 2.75) is 12.8 Å². The van der Waals surface area contributed by atoms with Crippen LogP contribution in [-0.2, 0) is 9.53 Å². The number of carbonyl (C=O) groups is 3. The Morgan fingerprint density at radius 2 is 1.61 bits per heavy atom. The molecule has 33 heavy (non-hydrogen) atoms. The van der Waals surface area contributed by atoms with E-state index in [1.54, 1.807) is 13.0 Å². The zero-order valence-corrected chi connectivity index (χ0v) is 19.3. The van der Waals surface area contributed by atoms with Crippen molar-refractivity contribution in [1.82, 2.24) is 5.32 Å². The summed E-state index contributed by atoms with van der Waals surface area (Å²) in [6, 6.07) is 19.3. The summed E-state index contributed by atoms with van der Waals surface area (Å²) in [4.78, 5) is 35.6. The second kappa shape index (κ2) is 9.46. The van der Waals surface area contributed by atoms with Crippen molar-refractivity contribution in [3.8, 4) is 11.1 Å². The van der Waals surface area contributed by atoms with Crippen LogP contribution in [0.25, 0.3) is 11.1 Å². The van der Waals surface area contributed by atoms with Crippen molar-refractivity contribution >= 4 is 39.6 Å². The van der Waals surface area contributed by atoms with Crippen LogP contribution < -0.4 is 10.6 Å². The normalized spacial score (nSPS) is 11.9. The van der Waals surface area contributed by atoms with Gasteiger partial charge in [0.2, 0.25) is 0 Å². The molecule has 7 nitrogen and oxygen atoms in total. The SMILES string of the molecule is Cc1cc(Br)c(C(=O)NCC(=O)O)cc1NC(=O)OCC1c2ccccc2-c2ccccc21. The monoisotopic (exact) mass is 508 g/mol. The Labute approximate surface area is 198 Å². The summed E-state index contributed by atoms with van der Waals surface area (Å²) in [6.45, 7) is 1.44. The average Bonchev–Trinajstić information content (AvgIpc) is 3.11. The van der Waals surface area contributed by atoms with Gasteiger partial charge in [-0.1, -0.05) is 48.5 Å². The van der Waals surface area contributed by atoms with Crippen LogP contribution in [0, 0.1) is 6.92 Å². The predicted molar refractivity (Wildman–Crippen MR) is 128 cm³/mol. The van der Waals surface area contributed by atoms with Crippen molar-refractivity contribution in [2.75, 3.05) is 18.5 Å². The van der Waals surface area contributed by atoms with Gasteiger partial charge in [-0.05, 0) is 62.8 Å². The summed E-state index contributed by atoms with van der Waals surface area (Å²) in [7, 11) is 0. The van der Waals surface area contributed by atoms with Gasteiger partial charge in [-0.25, -0.2) is 4.79 Å². The van der Waals surface area contributed by atoms with Gasteiger partial charge in [-0.3, -0.25) is 14.9 Å². The molecule has 2 amide bonds. The van der Waals surface area contributed by atoms with Crippen molar-refractivity contribution in [1.29, 1.82) is 0 Å². The van der Waals surface area contributed by atoms with Gasteiger partial charge in [0.05, 0.1) is 5.56 Å². The molecule has 0 aliphatic heterocycles. The third kappa shape index (κ3) is 4.75. The molecule has 0 unspecified atom stereocenters. The van der Waals surface area contributed by atoms with Crippen LogP contribution in [0.4, 0.5) is 10.5 Å². The van der Waals surface area contributed by atoms with Crippen LogP contribution in [0.3, 0.4) is 0 Å². The van der Waals surface area contributed by atoms with Gasteiger partial charge in [0.15, 0.2) is 0 Å². The summed E-state index contributed by atoms with van der Waals surface area (Å²) in [5, 5.41) is 13.8. The number of aryl methyl sites for hydroxylation is 1. The summed E-state index contributed by atoms with van der Waals surface area (Å²) in [5.74, 6) is -1.78. The highest BCUT2D eigenvalue weighted by atomic mass is 79.9. The lowest BCUT2D eigenvalue weighted by Crippen LogP contribution is -2.29. The van der Waals surface area contributed by atoms with Crippen molar-refractivity contribution < 1.29 is 24.2 Å². The molecule has 168 valence electrons. The van der Waals surface area contributed by atoms with Gasteiger partial charge < -0.3 is 15.2 Å². The first-order valence-electron chi connectivity index (χ1n) is 10.3. The van der Waals surface area contributed by atoms with E-state index in [1.807, 2.05) is 36.4 Å². The van der Waals surface area contributed by atoms with E-state index in [1.165, 1.54) is 6.07 Å². The smallest absolute Gasteiger partial charge is 0.411 e. The quantitative estimate of drug-likeness (QED) is 0.437. The number of halogens is 1. The van der Waals surface area contributed by atoms with E-state index in [-0.39, 0.29) is 18.1 Å². The molecule has 1 aliphatic rings. The third-order valence-corrected chi connectivity index (χ3v) is 6.20. The van der Waals surface area contributed by atoms with Crippen LogP contribution >= 0.6 is 15.9 Å². The Morgan fingerprint density at radius 3 is 2.21 bits per heavy atom. The van der Waals surface area contributed by atoms with Gasteiger partial charge >= 0.3 is 12.1 Å². The lowest BCUT2D eigenvalue weighted by atomic mass is 9.98. The van der Waals surface area contributed by atoms with Crippen molar-refractivity contribution in [3.63, 3.8) is 0 Å². The number of anilines is 1. The second-order valence-electron chi connectivity index (χ2n) is 7.67. The molecule has 0 fully saturated rings. The maximum atomic E-state index is 12.6. The van der Waals surface area contributed by atoms with Crippen LogP contribution in [0.15, 0.2) is 65.1 Å². The van der Waals surface area contributed by atoms with Crippen LogP contribution in [0.2, 0.25) is 0 Å². The van der Waals surface area contributed by atoms with E-state index >= 15 is 0 Å². The first-order valence-corrected chi connectivity index (χ1v) is 11.1. The molecular formula is C25H21BrN2O5.